The van der Waals surface area contributed by atoms with Gasteiger partial charge in [-0.3, -0.25) is 9.05 Å². The molecule has 63 heteroatoms. The van der Waals surface area contributed by atoms with E-state index in [0.29, 0.717) is 0 Å². The monoisotopic (exact) mass is 1960 g/mol. The standard InChI is InChI=1S/C69H117N2O60P/c70-14-11-110-58(44(98)28(14)82)131-132(108,109)112-13-26-33(87)37(91)27(71)57(120-26)113-17-2-69(67(105)106,130-49(35(17)89)15(80)3-72)128-18-1-68(107,66(103)104)129-50(16(81)4-73)52(18)123-61-47(101)43(97)51(24(10-79)119-61)122-65-56(42(96)34(88)25(121-65)12-111-63-54(40(94)31(85)21(7-76)117-63)125-59-45(99)38(92)29(83)19(5-74)114-59)127-62-48(102)53(36(90)23(9-78)116-62)124-64-55(41(95)32(86)22(8-77)118-64)126-60-46(100)39(93)30(84)20(6-75)115-60/h14-65,72-102,107H,1-13,70-71H2,(H,103,104)(H,105,106)(H,108,109)/t14-,15+,16+,17+,18+,19+,20+,21+,22+,23+,24+,25+,26+,27+,28-,29+,30+,31+,32+,33+,34+,35+,36-,37+,38-,39-,40-,41-,42-,43+,44+,45+,46+,47-,48+,49+,50+,51+,52+,53-,54-,55+,56-,57-,58+,59+,60+,61+,62+,63-,64+,65+,68+,69+/m0/s1. The first kappa shape index (κ1) is 109. The molecule has 11 heterocycles. The molecule has 0 saturated carbocycles. The Bertz CT molecular complexity index is 3650. The van der Waals surface area contributed by atoms with Crippen molar-refractivity contribution in [1.29, 1.82) is 0 Å². The van der Waals surface area contributed by atoms with Crippen LogP contribution in [0.4, 0.5) is 0 Å². The fourth-order valence-electron chi connectivity index (χ4n) is 16.4. The summed E-state index contributed by atoms with van der Waals surface area (Å²) in [5, 5.41) is 376. The summed E-state index contributed by atoms with van der Waals surface area (Å²) < 4.78 is 138. The molecule has 11 fully saturated rings. The third-order valence-electron chi connectivity index (χ3n) is 24.2. The molecule has 0 amide bonds. The second-order valence-electron chi connectivity index (χ2n) is 33.0. The quantitative estimate of drug-likeness (QED) is 0.0259. The van der Waals surface area contributed by atoms with E-state index in [1.54, 1.807) is 0 Å². The molecule has 11 aliphatic rings. The van der Waals surface area contributed by atoms with Crippen LogP contribution in [0.5, 0.6) is 0 Å². The van der Waals surface area contributed by atoms with Crippen molar-refractivity contribution in [3.05, 3.63) is 0 Å². The highest BCUT2D eigenvalue weighted by atomic mass is 31.2. The zero-order valence-corrected chi connectivity index (χ0v) is 69.6. The first-order valence-corrected chi connectivity index (χ1v) is 42.6. The normalized spacial score (nSPS) is 51.0. The number of aliphatic hydroxyl groups excluding tert-OH is 31. The second kappa shape index (κ2) is 45.9. The third-order valence-corrected chi connectivity index (χ3v) is 25.1. The molecule has 11 rings (SSSR count). The van der Waals surface area contributed by atoms with Gasteiger partial charge in [0.15, 0.2) is 56.6 Å². The molecule has 0 aromatic rings. The predicted molar refractivity (Wildman–Crippen MR) is 394 cm³/mol. The van der Waals surface area contributed by atoms with E-state index in [2.05, 4.69) is 0 Å². The lowest BCUT2D eigenvalue weighted by Crippen LogP contribution is -2.70. The van der Waals surface area contributed by atoms with Gasteiger partial charge < -0.3 is 285 Å². The van der Waals surface area contributed by atoms with Crippen LogP contribution in [0.3, 0.4) is 0 Å². The Kier molecular flexibility index (Phi) is 38.0. The van der Waals surface area contributed by atoms with Crippen molar-refractivity contribution in [2.45, 2.75) is 343 Å². The van der Waals surface area contributed by atoms with E-state index in [4.69, 9.17) is 115 Å². The largest absolute Gasteiger partial charge is 0.477 e. The fraction of sp³-hybridized carbons (Fsp3) is 0.971. The number of phosphoric acid groups is 1. The maximum Gasteiger partial charge on any atom is 0.474 e. The minimum absolute atomic E-state index is 0.521. The van der Waals surface area contributed by atoms with Gasteiger partial charge in [0.1, 0.15) is 238 Å². The Balaban J connectivity index is 0.894. The molecule has 0 aliphatic carbocycles. The Morgan fingerprint density at radius 2 is 0.735 bits per heavy atom. The minimum Gasteiger partial charge on any atom is -0.477 e. The average molecular weight is 1970 g/mol. The van der Waals surface area contributed by atoms with E-state index in [1.807, 2.05) is 0 Å². The average Bonchev–Trinajstić information content (AvgIpc) is 0.750. The van der Waals surface area contributed by atoms with Crippen LogP contribution >= 0.6 is 7.82 Å². The lowest BCUT2D eigenvalue weighted by molar-refractivity contribution is -0.412. The van der Waals surface area contributed by atoms with Crippen LogP contribution in [0, 0.1) is 0 Å². The van der Waals surface area contributed by atoms with E-state index in [9.17, 15) is 193 Å². The van der Waals surface area contributed by atoms with Crippen LogP contribution in [-0.4, -0.2) is 594 Å². The number of aliphatic carboxylic acids is 2. The van der Waals surface area contributed by atoms with E-state index < -0.39 is 436 Å². The highest BCUT2D eigenvalue weighted by Crippen LogP contribution is 2.49. The predicted octanol–water partition coefficient (Wildman–Crippen LogP) is -24.6. The van der Waals surface area contributed by atoms with Gasteiger partial charge in [-0.05, 0) is 0 Å². The Morgan fingerprint density at radius 1 is 0.356 bits per heavy atom. The molecule has 0 radical (unpaired) electrons. The van der Waals surface area contributed by atoms with Gasteiger partial charge in [0.25, 0.3) is 11.6 Å². The fourth-order valence-corrected chi connectivity index (χ4v) is 17.3. The number of ether oxygens (including phenoxy) is 20. The van der Waals surface area contributed by atoms with E-state index in [1.165, 1.54) is 0 Å². The van der Waals surface area contributed by atoms with Gasteiger partial charge in [-0.25, -0.2) is 14.2 Å². The van der Waals surface area contributed by atoms with Crippen molar-refractivity contribution in [2.75, 3.05) is 72.7 Å². The molecule has 0 bridgehead atoms. The van der Waals surface area contributed by atoms with Gasteiger partial charge in [0, 0.05) is 12.8 Å². The number of hydrogen-bond donors (Lipinski definition) is 37. The Hall–Kier alpha value is -3.11. The summed E-state index contributed by atoms with van der Waals surface area (Å²) in [7, 11) is -5.48. The summed E-state index contributed by atoms with van der Waals surface area (Å²) in [6.07, 6.45) is -118. The summed E-state index contributed by atoms with van der Waals surface area (Å²) in [5.74, 6) is -12.2. The van der Waals surface area contributed by atoms with E-state index in [0.717, 1.165) is 0 Å². The SMILES string of the molecule is N[C@H]1[C@@H](O[C@@H]2C[C@](O[C@@H]3C[C@](O)(C(=O)O)O[C@H]([C@H](O)CO)[C@@H]3O[C@H]3O[C@H](CO)[C@@H](O[C@H]4O[C@H](CO[C@H]5O[C@H](CO)[C@@H](O)[C@H](O)[C@@H]5O[C@H]5O[C@H](CO)[C@@H](O)[C@H](O)[C@H]5O)[C@@H](O)[C@H](O)[C@@H]4O[C@H]4O[C@H](CO)[C@H](O)[C@H](O[C@H]5O[C@H](CO)[C@@H](O)[C@H](O)[C@H]5O[C@H]5O[C@H](CO)[C@@H](O)[C@H](O)[C@H]5O)[C@H]4O)[C@H](O)[C@@H]3O)(C(=O)O)O[C@H]([C@H](O)CO)[C@@H]2O)O[C@H](COP(=O)(O)O[C@H]2OC[C@H](N)[C@H](O)[C@H]2O)[C@@H](O)[C@@H]1O. The van der Waals surface area contributed by atoms with E-state index in [-0.39, 0.29) is 0 Å². The summed E-state index contributed by atoms with van der Waals surface area (Å²) in [5.41, 5.74) is 11.8. The number of carboxylic acids is 2. The topological polar surface area (TPSA) is 1010 Å². The highest BCUT2D eigenvalue weighted by Gasteiger charge is 2.66. The molecule has 62 nitrogen and oxygen atoms in total. The Morgan fingerprint density at radius 3 is 1.23 bits per heavy atom. The second-order valence-corrected chi connectivity index (χ2v) is 34.4. The van der Waals surface area contributed by atoms with Crippen LogP contribution in [-0.2, 0) is 118 Å². The van der Waals surface area contributed by atoms with Crippen LogP contribution in [0.1, 0.15) is 12.8 Å². The van der Waals surface area contributed by atoms with Crippen molar-refractivity contribution in [3.63, 3.8) is 0 Å². The van der Waals surface area contributed by atoms with Crippen molar-refractivity contribution in [3.8, 4) is 0 Å². The summed E-state index contributed by atoms with van der Waals surface area (Å²) >= 11 is 0. The molecular weight excluding hydrogens is 1850 g/mol. The number of carboxylic acid groups (broad SMARTS) is 2. The molecule has 39 N–H and O–H groups in total. The molecule has 11 aliphatic heterocycles. The maximum absolute atomic E-state index is 14.1. The molecule has 1 unspecified atom stereocenters. The molecule has 768 valence electrons. The van der Waals surface area contributed by atoms with Crippen LogP contribution in [0.15, 0.2) is 0 Å². The first-order chi connectivity index (χ1) is 62.1. The lowest BCUT2D eigenvalue weighted by atomic mass is 9.89. The molecule has 0 aromatic heterocycles. The van der Waals surface area contributed by atoms with Crippen molar-refractivity contribution >= 4 is 19.8 Å². The number of hydrogen-bond acceptors (Lipinski definition) is 59. The first-order valence-electron chi connectivity index (χ1n) is 41.1. The third kappa shape index (κ3) is 23.1. The molecule has 0 aromatic carbocycles. The van der Waals surface area contributed by atoms with Crippen LogP contribution in [0.2, 0.25) is 0 Å². The van der Waals surface area contributed by atoms with Gasteiger partial charge in [-0.2, -0.15) is 0 Å². The van der Waals surface area contributed by atoms with Gasteiger partial charge >= 0.3 is 19.8 Å². The summed E-state index contributed by atoms with van der Waals surface area (Å²) in [6, 6.07) is -3.21. The molecular formula is C69H117N2O60P. The van der Waals surface area contributed by atoms with Gasteiger partial charge in [-0.1, -0.05) is 0 Å². The van der Waals surface area contributed by atoms with Crippen molar-refractivity contribution < 1.29 is 296 Å². The summed E-state index contributed by atoms with van der Waals surface area (Å²) in [4.78, 5) is 37.7. The molecule has 55 atom stereocenters. The number of nitrogens with two attached hydrogens (primary N) is 2. The number of rotatable bonds is 36. The van der Waals surface area contributed by atoms with Gasteiger partial charge in [0.05, 0.1) is 97.0 Å². The maximum atomic E-state index is 14.1. The molecule has 11 saturated heterocycles. The number of aliphatic hydroxyl groups is 32. The highest BCUT2D eigenvalue weighted by molar-refractivity contribution is 7.47. The lowest BCUT2D eigenvalue weighted by Gasteiger charge is -2.52. The zero-order valence-electron chi connectivity index (χ0n) is 68.7. The zero-order chi connectivity index (χ0) is 97.4. The number of phosphoric ester groups is 1. The summed E-state index contributed by atoms with van der Waals surface area (Å²) in [6.45, 7) is -13.2. The van der Waals surface area contributed by atoms with Crippen molar-refractivity contribution in [1.82, 2.24) is 0 Å². The Labute approximate surface area is 741 Å². The molecule has 0 spiro atoms. The van der Waals surface area contributed by atoms with Crippen LogP contribution < -0.4 is 11.5 Å². The van der Waals surface area contributed by atoms with E-state index >= 15 is 0 Å². The van der Waals surface area contributed by atoms with Crippen LogP contribution in [0.25, 0.3) is 0 Å². The van der Waals surface area contributed by atoms with Crippen molar-refractivity contribution in [2.24, 2.45) is 11.5 Å². The molecule has 132 heavy (non-hydrogen) atoms. The van der Waals surface area contributed by atoms with Gasteiger partial charge in [0.2, 0.25) is 0 Å². The smallest absolute Gasteiger partial charge is 0.474 e. The minimum atomic E-state index is -5.48. The van der Waals surface area contributed by atoms with Gasteiger partial charge in [-0.15, -0.1) is 0 Å². The number of carbonyl (C=O) groups is 2.